The van der Waals surface area contributed by atoms with Crippen molar-refractivity contribution in [2.24, 2.45) is 5.90 Å². The summed E-state index contributed by atoms with van der Waals surface area (Å²) in [4.78, 5) is 4.37. The van der Waals surface area contributed by atoms with Gasteiger partial charge in [0.05, 0.1) is 5.56 Å². The summed E-state index contributed by atoms with van der Waals surface area (Å²) in [6.07, 6.45) is -5.14. The van der Waals surface area contributed by atoms with E-state index < -0.39 is 17.8 Å². The molecule has 0 aliphatic carbocycles. The van der Waals surface area contributed by atoms with Crippen LogP contribution in [0.25, 0.3) is 0 Å². The van der Waals surface area contributed by atoms with Crippen LogP contribution in [-0.2, 0) is 11.0 Å². The second-order valence-corrected chi connectivity index (χ2v) is 2.86. The third-order valence-corrected chi connectivity index (χ3v) is 1.91. The van der Waals surface area contributed by atoms with Crippen molar-refractivity contribution in [2.45, 2.75) is 19.2 Å². The topological polar surface area (TPSA) is 35.2 Å². The molecule has 2 nitrogen and oxygen atoms in total. The molecule has 0 bridgehead atoms. The van der Waals surface area contributed by atoms with Gasteiger partial charge >= 0.3 is 6.18 Å². The van der Waals surface area contributed by atoms with Crippen LogP contribution >= 0.6 is 0 Å². The fraction of sp³-hybridized carbons (Fsp3) is 0.333. The van der Waals surface area contributed by atoms with Gasteiger partial charge in [0.2, 0.25) is 0 Å². The third kappa shape index (κ3) is 2.24. The highest BCUT2D eigenvalue weighted by molar-refractivity contribution is 5.31. The van der Waals surface area contributed by atoms with E-state index in [1.807, 2.05) is 0 Å². The molecule has 2 N–H and O–H groups in total. The number of halogens is 3. The second-order valence-electron chi connectivity index (χ2n) is 2.86. The molecular weight excluding hydrogens is 195 g/mol. The Morgan fingerprint density at radius 2 is 1.86 bits per heavy atom. The molecule has 0 radical (unpaired) electrons. The average molecular weight is 205 g/mol. The number of hydrogen-bond donors (Lipinski definition) is 1. The summed E-state index contributed by atoms with van der Waals surface area (Å²) in [5.41, 5.74) is -0.666. The fourth-order valence-corrected chi connectivity index (χ4v) is 1.18. The molecule has 5 heteroatoms. The Bertz CT molecular complexity index is 311. The number of nitrogens with two attached hydrogens (primary N) is 1. The van der Waals surface area contributed by atoms with Crippen molar-refractivity contribution in [2.75, 3.05) is 0 Å². The molecule has 14 heavy (non-hydrogen) atoms. The smallest absolute Gasteiger partial charge is 0.297 e. The van der Waals surface area contributed by atoms with E-state index >= 15 is 0 Å². The van der Waals surface area contributed by atoms with Gasteiger partial charge in [0.1, 0.15) is 6.10 Å². The van der Waals surface area contributed by atoms with Crippen molar-refractivity contribution >= 4 is 0 Å². The van der Waals surface area contributed by atoms with Crippen LogP contribution in [0.3, 0.4) is 0 Å². The Labute approximate surface area is 79.4 Å². The molecule has 0 heterocycles. The summed E-state index contributed by atoms with van der Waals surface area (Å²) >= 11 is 0. The van der Waals surface area contributed by atoms with Crippen molar-refractivity contribution in [1.82, 2.24) is 0 Å². The van der Waals surface area contributed by atoms with Crippen molar-refractivity contribution in [1.29, 1.82) is 0 Å². The van der Waals surface area contributed by atoms with Crippen molar-refractivity contribution in [3.63, 3.8) is 0 Å². The van der Waals surface area contributed by atoms with Gasteiger partial charge in [-0.1, -0.05) is 18.2 Å². The molecule has 0 aliphatic heterocycles. The molecule has 0 saturated heterocycles. The first-order valence-corrected chi connectivity index (χ1v) is 3.98. The van der Waals surface area contributed by atoms with Crippen LogP contribution < -0.4 is 5.90 Å². The molecule has 0 amide bonds. The lowest BCUT2D eigenvalue weighted by atomic mass is 10.0. The quantitative estimate of drug-likeness (QED) is 0.753. The fourth-order valence-electron chi connectivity index (χ4n) is 1.18. The molecule has 0 aliphatic rings. The van der Waals surface area contributed by atoms with E-state index in [9.17, 15) is 13.2 Å². The predicted octanol–water partition coefficient (Wildman–Crippen LogP) is 2.66. The van der Waals surface area contributed by atoms with Gasteiger partial charge in [-0.15, -0.1) is 0 Å². The highest BCUT2D eigenvalue weighted by atomic mass is 19.4. The first-order chi connectivity index (χ1) is 6.46. The van der Waals surface area contributed by atoms with Crippen LogP contribution in [0.15, 0.2) is 24.3 Å². The lowest BCUT2D eigenvalue weighted by molar-refractivity contribution is -0.139. The van der Waals surface area contributed by atoms with E-state index in [1.165, 1.54) is 25.1 Å². The number of hydrogen-bond acceptors (Lipinski definition) is 2. The van der Waals surface area contributed by atoms with Crippen molar-refractivity contribution < 1.29 is 18.0 Å². The number of rotatable bonds is 2. The predicted molar refractivity (Wildman–Crippen MR) is 45.1 cm³/mol. The van der Waals surface area contributed by atoms with E-state index in [1.54, 1.807) is 0 Å². The van der Waals surface area contributed by atoms with Gasteiger partial charge in [0.15, 0.2) is 0 Å². The molecule has 1 aromatic rings. The monoisotopic (exact) mass is 205 g/mol. The van der Waals surface area contributed by atoms with Crippen LogP contribution in [0.4, 0.5) is 13.2 Å². The minimum atomic E-state index is -4.37. The Balaban J connectivity index is 3.16. The van der Waals surface area contributed by atoms with E-state index in [4.69, 9.17) is 5.90 Å². The first kappa shape index (κ1) is 11.0. The molecule has 0 spiro atoms. The largest absolute Gasteiger partial charge is 0.416 e. The van der Waals surface area contributed by atoms with Gasteiger partial charge in [-0.3, -0.25) is 4.84 Å². The van der Waals surface area contributed by atoms with Gasteiger partial charge in [-0.05, 0) is 18.6 Å². The Morgan fingerprint density at radius 1 is 1.29 bits per heavy atom. The summed E-state index contributed by atoms with van der Waals surface area (Å²) in [5.74, 6) is 4.85. The van der Waals surface area contributed by atoms with E-state index in [2.05, 4.69) is 4.84 Å². The van der Waals surface area contributed by atoms with Crippen LogP contribution in [0.5, 0.6) is 0 Å². The lowest BCUT2D eigenvalue weighted by Gasteiger charge is -2.16. The summed E-state index contributed by atoms with van der Waals surface area (Å²) in [6.45, 7) is 1.46. The lowest BCUT2D eigenvalue weighted by Crippen LogP contribution is -2.14. The molecular formula is C9H10F3NO. The number of benzene rings is 1. The van der Waals surface area contributed by atoms with E-state index in [-0.39, 0.29) is 5.56 Å². The van der Waals surface area contributed by atoms with Crippen LogP contribution in [0, 0.1) is 0 Å². The normalized spacial score (nSPS) is 14.1. The molecule has 1 rings (SSSR count). The standard InChI is InChI=1S/C9H10F3NO/c1-6(14-13)7-4-2-3-5-8(7)9(10,11)12/h2-6H,13H2,1H3. The van der Waals surface area contributed by atoms with Gasteiger partial charge in [-0.2, -0.15) is 13.2 Å². The van der Waals surface area contributed by atoms with E-state index in [0.717, 1.165) is 6.07 Å². The Hall–Kier alpha value is -1.07. The third-order valence-electron chi connectivity index (χ3n) is 1.91. The SMILES string of the molecule is CC(ON)c1ccccc1C(F)(F)F. The van der Waals surface area contributed by atoms with Gasteiger partial charge in [0.25, 0.3) is 0 Å². The highest BCUT2D eigenvalue weighted by Gasteiger charge is 2.34. The van der Waals surface area contributed by atoms with Gasteiger partial charge < -0.3 is 0 Å². The molecule has 0 aromatic heterocycles. The number of alkyl halides is 3. The van der Waals surface area contributed by atoms with Crippen LogP contribution in [-0.4, -0.2) is 0 Å². The maximum atomic E-state index is 12.4. The maximum Gasteiger partial charge on any atom is 0.416 e. The van der Waals surface area contributed by atoms with Crippen LogP contribution in [0.2, 0.25) is 0 Å². The summed E-state index contributed by atoms with van der Waals surface area (Å²) < 4.78 is 37.3. The summed E-state index contributed by atoms with van der Waals surface area (Å²) in [7, 11) is 0. The molecule has 1 atom stereocenters. The highest BCUT2D eigenvalue weighted by Crippen LogP contribution is 2.34. The maximum absolute atomic E-state index is 12.4. The van der Waals surface area contributed by atoms with Crippen LogP contribution in [0.1, 0.15) is 24.2 Å². The minimum absolute atomic E-state index is 0.0440. The Morgan fingerprint density at radius 3 is 2.36 bits per heavy atom. The summed E-state index contributed by atoms with van der Waals surface area (Å²) in [6, 6.07) is 5.20. The molecule has 0 saturated carbocycles. The Kier molecular flexibility index (Phi) is 3.13. The zero-order valence-corrected chi connectivity index (χ0v) is 7.51. The molecule has 0 fully saturated rings. The van der Waals surface area contributed by atoms with Crippen molar-refractivity contribution in [3.8, 4) is 0 Å². The first-order valence-electron chi connectivity index (χ1n) is 3.98. The second kappa shape index (κ2) is 3.98. The zero-order chi connectivity index (χ0) is 10.8. The zero-order valence-electron chi connectivity index (χ0n) is 7.51. The van der Waals surface area contributed by atoms with E-state index in [0.29, 0.717) is 0 Å². The molecule has 78 valence electrons. The molecule has 1 unspecified atom stereocenters. The molecule has 1 aromatic carbocycles. The van der Waals surface area contributed by atoms with Crippen molar-refractivity contribution in [3.05, 3.63) is 35.4 Å². The van der Waals surface area contributed by atoms with Gasteiger partial charge in [-0.25, -0.2) is 5.90 Å². The average Bonchev–Trinajstić information content (AvgIpc) is 2.15. The summed E-state index contributed by atoms with van der Waals surface area (Å²) in [5, 5.41) is 0. The van der Waals surface area contributed by atoms with Gasteiger partial charge in [0, 0.05) is 0 Å². The minimum Gasteiger partial charge on any atom is -0.297 e.